The van der Waals surface area contributed by atoms with Gasteiger partial charge in [0.25, 0.3) is 0 Å². The molecule has 2 unspecified atom stereocenters. The third-order valence-corrected chi connectivity index (χ3v) is 3.34. The first-order valence-electron chi connectivity index (χ1n) is 5.82. The number of likely N-dealkylation sites (tertiary alicyclic amines) is 1. The lowest BCUT2D eigenvalue weighted by Gasteiger charge is -2.22. The Kier molecular flexibility index (Phi) is 3.58. The molecule has 0 radical (unpaired) electrons. The van der Waals surface area contributed by atoms with E-state index < -0.39 is 0 Å². The van der Waals surface area contributed by atoms with E-state index in [0.29, 0.717) is 17.8 Å². The summed E-state index contributed by atoms with van der Waals surface area (Å²) in [6.07, 6.45) is 0.977. The van der Waals surface area contributed by atoms with Crippen LogP contribution in [0.5, 0.6) is 0 Å². The zero-order chi connectivity index (χ0) is 11.7. The Morgan fingerprint density at radius 2 is 1.87 bits per heavy atom. The lowest BCUT2D eigenvalue weighted by atomic mass is 9.80. The van der Waals surface area contributed by atoms with Crippen molar-refractivity contribution >= 4 is 5.91 Å². The zero-order valence-electron chi connectivity index (χ0n) is 10.6. The molecule has 0 bridgehead atoms. The Morgan fingerprint density at radius 1 is 1.33 bits per heavy atom. The maximum Gasteiger partial charge on any atom is 0.230 e. The van der Waals surface area contributed by atoms with E-state index in [9.17, 15) is 4.79 Å². The summed E-state index contributed by atoms with van der Waals surface area (Å²) in [7, 11) is 1.85. The maximum atomic E-state index is 12.0. The van der Waals surface area contributed by atoms with Gasteiger partial charge in [0.1, 0.15) is 0 Å². The molecule has 0 saturated carbocycles. The number of amides is 1. The third kappa shape index (κ3) is 2.24. The summed E-state index contributed by atoms with van der Waals surface area (Å²) < 4.78 is 0. The van der Waals surface area contributed by atoms with Crippen molar-refractivity contribution in [2.45, 2.75) is 34.1 Å². The number of allylic oxidation sites excluding steroid dienone is 1. The van der Waals surface area contributed by atoms with E-state index in [1.165, 1.54) is 0 Å². The molecule has 0 aromatic carbocycles. The largest absolute Gasteiger partial charge is 0.319 e. The SMILES string of the molecule is C=C1C(C(C)C)C(CC(C)C)C(=O)N1C. The van der Waals surface area contributed by atoms with E-state index in [1.54, 1.807) is 4.90 Å². The summed E-state index contributed by atoms with van der Waals surface area (Å²) in [5.41, 5.74) is 1.00. The minimum absolute atomic E-state index is 0.155. The van der Waals surface area contributed by atoms with Crippen LogP contribution in [0.2, 0.25) is 0 Å². The average Bonchev–Trinajstić information content (AvgIpc) is 2.30. The fourth-order valence-electron chi connectivity index (χ4n) is 2.60. The number of carbonyl (C=O) groups excluding carboxylic acids is 1. The normalized spacial score (nSPS) is 27.3. The van der Waals surface area contributed by atoms with E-state index in [4.69, 9.17) is 0 Å². The van der Waals surface area contributed by atoms with Crippen LogP contribution in [0.3, 0.4) is 0 Å². The van der Waals surface area contributed by atoms with Crippen LogP contribution >= 0.6 is 0 Å². The molecule has 0 aliphatic carbocycles. The summed E-state index contributed by atoms with van der Waals surface area (Å²) in [5, 5.41) is 0. The molecule has 2 heteroatoms. The van der Waals surface area contributed by atoms with Crippen molar-refractivity contribution in [2.24, 2.45) is 23.7 Å². The molecule has 86 valence electrons. The number of hydrogen-bond acceptors (Lipinski definition) is 1. The van der Waals surface area contributed by atoms with Crippen molar-refractivity contribution in [3.05, 3.63) is 12.3 Å². The van der Waals surface area contributed by atoms with Gasteiger partial charge >= 0.3 is 0 Å². The lowest BCUT2D eigenvalue weighted by Crippen LogP contribution is -2.24. The predicted octanol–water partition coefficient (Wildman–Crippen LogP) is 2.91. The molecule has 1 amide bonds. The van der Waals surface area contributed by atoms with E-state index >= 15 is 0 Å². The van der Waals surface area contributed by atoms with Crippen LogP contribution in [-0.2, 0) is 4.79 Å². The van der Waals surface area contributed by atoms with Crippen LogP contribution in [0.4, 0.5) is 0 Å². The fraction of sp³-hybridized carbons (Fsp3) is 0.769. The van der Waals surface area contributed by atoms with Gasteiger partial charge in [-0.05, 0) is 18.3 Å². The van der Waals surface area contributed by atoms with E-state index in [1.807, 2.05) is 7.05 Å². The number of hydrogen-bond donors (Lipinski definition) is 0. The molecule has 15 heavy (non-hydrogen) atoms. The van der Waals surface area contributed by atoms with Crippen molar-refractivity contribution in [1.82, 2.24) is 4.90 Å². The summed E-state index contributed by atoms with van der Waals surface area (Å²) in [5.74, 6) is 1.81. The zero-order valence-corrected chi connectivity index (χ0v) is 10.6. The smallest absolute Gasteiger partial charge is 0.230 e. The molecule has 1 rings (SSSR count). The Morgan fingerprint density at radius 3 is 2.27 bits per heavy atom. The second-order valence-electron chi connectivity index (χ2n) is 5.39. The first-order chi connectivity index (χ1) is 6.86. The van der Waals surface area contributed by atoms with Crippen LogP contribution < -0.4 is 0 Å². The summed E-state index contributed by atoms with van der Waals surface area (Å²) in [6.45, 7) is 12.7. The molecule has 0 spiro atoms. The minimum Gasteiger partial charge on any atom is -0.319 e. The van der Waals surface area contributed by atoms with Crippen molar-refractivity contribution in [2.75, 3.05) is 7.05 Å². The number of nitrogens with zero attached hydrogens (tertiary/aromatic N) is 1. The van der Waals surface area contributed by atoms with E-state index in [0.717, 1.165) is 12.1 Å². The van der Waals surface area contributed by atoms with Crippen molar-refractivity contribution < 1.29 is 4.79 Å². The molecule has 1 aliphatic heterocycles. The third-order valence-electron chi connectivity index (χ3n) is 3.34. The fourth-order valence-corrected chi connectivity index (χ4v) is 2.60. The van der Waals surface area contributed by atoms with Gasteiger partial charge in [-0.3, -0.25) is 4.79 Å². The second kappa shape index (κ2) is 4.38. The van der Waals surface area contributed by atoms with Crippen molar-refractivity contribution in [3.8, 4) is 0 Å². The molecule has 2 atom stereocenters. The molecule has 1 saturated heterocycles. The molecule has 1 aliphatic rings. The maximum absolute atomic E-state index is 12.0. The van der Waals surface area contributed by atoms with E-state index in [-0.39, 0.29) is 11.8 Å². The summed E-state index contributed by atoms with van der Waals surface area (Å²) in [4.78, 5) is 13.8. The van der Waals surface area contributed by atoms with Gasteiger partial charge in [-0.15, -0.1) is 0 Å². The van der Waals surface area contributed by atoms with Crippen LogP contribution in [0.1, 0.15) is 34.1 Å². The molecular weight excluding hydrogens is 186 g/mol. The Bertz CT molecular complexity index is 268. The Hall–Kier alpha value is -0.790. The highest BCUT2D eigenvalue weighted by molar-refractivity contribution is 5.84. The van der Waals surface area contributed by atoms with Gasteiger partial charge in [-0.1, -0.05) is 34.3 Å². The van der Waals surface area contributed by atoms with Crippen LogP contribution in [0.15, 0.2) is 12.3 Å². The van der Waals surface area contributed by atoms with Crippen LogP contribution in [0.25, 0.3) is 0 Å². The van der Waals surface area contributed by atoms with Gasteiger partial charge in [0, 0.05) is 24.6 Å². The summed E-state index contributed by atoms with van der Waals surface area (Å²) in [6, 6.07) is 0. The van der Waals surface area contributed by atoms with Gasteiger partial charge in [0.15, 0.2) is 0 Å². The van der Waals surface area contributed by atoms with Gasteiger partial charge in [-0.2, -0.15) is 0 Å². The van der Waals surface area contributed by atoms with Gasteiger partial charge in [0.05, 0.1) is 0 Å². The quantitative estimate of drug-likeness (QED) is 0.700. The first-order valence-corrected chi connectivity index (χ1v) is 5.82. The van der Waals surface area contributed by atoms with Gasteiger partial charge < -0.3 is 4.90 Å². The van der Waals surface area contributed by atoms with E-state index in [2.05, 4.69) is 34.3 Å². The highest BCUT2D eigenvalue weighted by Gasteiger charge is 2.42. The van der Waals surface area contributed by atoms with Crippen LogP contribution in [0, 0.1) is 23.7 Å². The van der Waals surface area contributed by atoms with Crippen molar-refractivity contribution in [3.63, 3.8) is 0 Å². The average molecular weight is 209 g/mol. The van der Waals surface area contributed by atoms with Crippen molar-refractivity contribution in [1.29, 1.82) is 0 Å². The molecule has 2 nitrogen and oxygen atoms in total. The van der Waals surface area contributed by atoms with Crippen LogP contribution in [-0.4, -0.2) is 17.9 Å². The Labute approximate surface area is 93.3 Å². The lowest BCUT2D eigenvalue weighted by molar-refractivity contribution is -0.130. The van der Waals surface area contributed by atoms with Gasteiger partial charge in [0.2, 0.25) is 5.91 Å². The molecule has 1 fully saturated rings. The first kappa shape index (κ1) is 12.3. The molecular formula is C13H23NO. The highest BCUT2D eigenvalue weighted by atomic mass is 16.2. The number of carbonyl (C=O) groups is 1. The predicted molar refractivity (Wildman–Crippen MR) is 63.2 cm³/mol. The Balaban J connectivity index is 2.90. The number of rotatable bonds is 3. The van der Waals surface area contributed by atoms with Gasteiger partial charge in [-0.25, -0.2) is 0 Å². The second-order valence-corrected chi connectivity index (χ2v) is 5.39. The highest BCUT2D eigenvalue weighted by Crippen LogP contribution is 2.40. The molecule has 0 aromatic heterocycles. The molecule has 0 aromatic rings. The molecule has 0 N–H and O–H groups in total. The summed E-state index contributed by atoms with van der Waals surface area (Å²) >= 11 is 0. The standard InChI is InChI=1S/C13H23NO/c1-8(2)7-11-12(9(3)4)10(5)14(6)13(11)15/h8-9,11-12H,5,7H2,1-4,6H3. The minimum atomic E-state index is 0.155. The monoisotopic (exact) mass is 209 g/mol. The molecule has 1 heterocycles. The topological polar surface area (TPSA) is 20.3 Å².